The van der Waals surface area contributed by atoms with Crippen LogP contribution in [0.15, 0.2) is 72.8 Å². The Morgan fingerprint density at radius 1 is 1.02 bits per heavy atom. The zero-order chi connectivity index (χ0) is 34.6. The van der Waals surface area contributed by atoms with Crippen LogP contribution in [0.4, 0.5) is 14.5 Å². The van der Waals surface area contributed by atoms with E-state index in [-0.39, 0.29) is 31.8 Å². The Kier molecular flexibility index (Phi) is 11.1. The van der Waals surface area contributed by atoms with E-state index in [9.17, 15) is 37.8 Å². The van der Waals surface area contributed by atoms with Crippen molar-refractivity contribution in [2.45, 2.75) is 63.1 Å². The van der Waals surface area contributed by atoms with Gasteiger partial charge >= 0.3 is 7.60 Å². The molecule has 258 valence electrons. The summed E-state index contributed by atoms with van der Waals surface area (Å²) in [6.45, 7) is 3.43. The lowest BCUT2D eigenvalue weighted by Gasteiger charge is -2.48. The maximum atomic E-state index is 13.7. The van der Waals surface area contributed by atoms with Crippen molar-refractivity contribution in [3.05, 3.63) is 101 Å². The molecule has 10 nitrogen and oxygen atoms in total. The predicted molar refractivity (Wildman–Crippen MR) is 174 cm³/mol. The van der Waals surface area contributed by atoms with Crippen molar-refractivity contribution in [3.8, 4) is 0 Å². The molecule has 5 rings (SSSR count). The molecule has 13 heteroatoms. The number of anilines is 1. The van der Waals surface area contributed by atoms with Gasteiger partial charge in [0.15, 0.2) is 0 Å². The monoisotopic (exact) mass is 686 g/mol. The highest BCUT2D eigenvalue weighted by molar-refractivity contribution is 7.52. The number of nitrogens with zero attached hydrogens (tertiary/aromatic N) is 1. The minimum absolute atomic E-state index is 0.129. The maximum absolute atomic E-state index is 13.7. The van der Waals surface area contributed by atoms with Gasteiger partial charge in [0.05, 0.1) is 31.3 Å². The van der Waals surface area contributed by atoms with Crippen molar-refractivity contribution in [1.82, 2.24) is 5.32 Å². The van der Waals surface area contributed by atoms with Crippen molar-refractivity contribution in [3.63, 3.8) is 0 Å². The van der Waals surface area contributed by atoms with Gasteiger partial charge < -0.3 is 34.6 Å². The summed E-state index contributed by atoms with van der Waals surface area (Å²) < 4.78 is 50.1. The molecule has 0 saturated carbocycles. The second-order valence-electron chi connectivity index (χ2n) is 12.9. The molecule has 2 saturated heterocycles. The summed E-state index contributed by atoms with van der Waals surface area (Å²) in [4.78, 5) is 46.6. The van der Waals surface area contributed by atoms with Crippen LogP contribution in [0.5, 0.6) is 0 Å². The molecule has 0 bridgehead atoms. The summed E-state index contributed by atoms with van der Waals surface area (Å²) in [7, 11) is -4.53. The topological polar surface area (TPSA) is 146 Å². The van der Waals surface area contributed by atoms with Crippen LogP contribution in [0, 0.1) is 23.5 Å². The molecule has 48 heavy (non-hydrogen) atoms. The van der Waals surface area contributed by atoms with Crippen LogP contribution >= 0.6 is 7.60 Å². The first-order valence-corrected chi connectivity index (χ1v) is 17.6. The number of aliphatic hydroxyl groups is 1. The first-order chi connectivity index (χ1) is 22.8. The summed E-state index contributed by atoms with van der Waals surface area (Å²) in [5, 5.41) is 13.1. The van der Waals surface area contributed by atoms with Gasteiger partial charge in [-0.25, -0.2) is 8.78 Å². The number of ether oxygens (including phenoxy) is 2. The lowest BCUT2D eigenvalue weighted by atomic mass is 9.78. The molecule has 0 aliphatic carbocycles. The van der Waals surface area contributed by atoms with Crippen molar-refractivity contribution in [2.75, 3.05) is 24.7 Å². The zero-order valence-corrected chi connectivity index (χ0v) is 27.7. The molecule has 3 aromatic rings. The first-order valence-electron chi connectivity index (χ1n) is 15.9. The average molecular weight is 687 g/mol. The summed E-state index contributed by atoms with van der Waals surface area (Å²) in [6.07, 6.45) is 0.967. The van der Waals surface area contributed by atoms with E-state index >= 15 is 0 Å². The standard InChI is InChI=1S/C35H41F2N2O8P/c1-22(2)33(48(43,44)45)38-31(41)19-47-35(20-46-21-35)18-17-23-3-5-25(6-4-23)32-29(15-16-30(40)24-7-9-26(36)10-8-24)34(42)39(32)28-13-11-27(37)12-14-28/h3-14,22,29-30,32-33,40H,15-21H2,1-2H3,(H,38,41)(H2,43,44,45)/t29-,30+,32-,33?/m1/s1. The fraction of sp³-hybridized carbons (Fsp3) is 0.429. The molecule has 2 aliphatic heterocycles. The van der Waals surface area contributed by atoms with E-state index in [1.165, 1.54) is 36.4 Å². The summed E-state index contributed by atoms with van der Waals surface area (Å²) in [6, 6.07) is 18.8. The predicted octanol–water partition coefficient (Wildman–Crippen LogP) is 5.18. The lowest BCUT2D eigenvalue weighted by molar-refractivity contribution is -0.212. The summed E-state index contributed by atoms with van der Waals surface area (Å²) in [5.41, 5.74) is 2.30. The first kappa shape index (κ1) is 35.8. The molecule has 4 N–H and O–H groups in total. The van der Waals surface area contributed by atoms with Crippen LogP contribution < -0.4 is 10.2 Å². The maximum Gasteiger partial charge on any atom is 0.347 e. The van der Waals surface area contributed by atoms with Gasteiger partial charge in [0.2, 0.25) is 11.8 Å². The highest BCUT2D eigenvalue weighted by Crippen LogP contribution is 2.46. The van der Waals surface area contributed by atoms with Gasteiger partial charge in [-0.15, -0.1) is 0 Å². The second kappa shape index (κ2) is 14.9. The Labute approximate surface area is 278 Å². The number of amides is 2. The molecule has 4 atom stereocenters. The molecule has 0 spiro atoms. The van der Waals surface area contributed by atoms with Gasteiger partial charge in [0, 0.05) is 5.69 Å². The van der Waals surface area contributed by atoms with E-state index in [0.717, 1.165) is 11.1 Å². The number of β-lactam (4-membered cyclic amide) rings is 1. The number of carbonyl (C=O) groups excluding carboxylic acids is 2. The number of hydrogen-bond donors (Lipinski definition) is 4. The van der Waals surface area contributed by atoms with Crippen molar-refractivity contribution in [2.24, 2.45) is 11.8 Å². The third-order valence-corrected chi connectivity index (χ3v) is 10.5. The normalized spacial score (nSPS) is 20.2. The third kappa shape index (κ3) is 8.37. The zero-order valence-electron chi connectivity index (χ0n) is 26.8. The van der Waals surface area contributed by atoms with Crippen molar-refractivity contribution in [1.29, 1.82) is 0 Å². The number of rotatable bonds is 15. The summed E-state index contributed by atoms with van der Waals surface area (Å²) in [5.74, 6) is -3.75. The van der Waals surface area contributed by atoms with E-state index in [4.69, 9.17) is 9.47 Å². The van der Waals surface area contributed by atoms with Crippen LogP contribution in [-0.4, -0.2) is 57.9 Å². The molecular weight excluding hydrogens is 645 g/mol. The highest BCUT2D eigenvalue weighted by atomic mass is 31.2. The number of carbonyl (C=O) groups is 2. The Balaban J connectivity index is 1.23. The van der Waals surface area contributed by atoms with Crippen LogP contribution in [0.2, 0.25) is 0 Å². The van der Waals surface area contributed by atoms with Gasteiger partial charge in [-0.3, -0.25) is 14.2 Å². The summed E-state index contributed by atoms with van der Waals surface area (Å²) >= 11 is 0. The van der Waals surface area contributed by atoms with Crippen LogP contribution in [0.25, 0.3) is 0 Å². The highest BCUT2D eigenvalue weighted by Gasteiger charge is 2.48. The second-order valence-corrected chi connectivity index (χ2v) is 14.7. The van der Waals surface area contributed by atoms with Gasteiger partial charge in [0.1, 0.15) is 29.6 Å². The number of nitrogens with one attached hydrogen (secondary N) is 1. The molecular formula is C35H41F2N2O8P. The van der Waals surface area contributed by atoms with Crippen molar-refractivity contribution >= 4 is 25.1 Å². The van der Waals surface area contributed by atoms with E-state index in [2.05, 4.69) is 5.32 Å². The van der Waals surface area contributed by atoms with Gasteiger partial charge in [0.25, 0.3) is 0 Å². The smallest absolute Gasteiger partial charge is 0.347 e. The van der Waals surface area contributed by atoms with Gasteiger partial charge in [-0.2, -0.15) is 0 Å². The largest absolute Gasteiger partial charge is 0.388 e. The van der Waals surface area contributed by atoms with Gasteiger partial charge in [-0.1, -0.05) is 50.2 Å². The minimum Gasteiger partial charge on any atom is -0.388 e. The Morgan fingerprint density at radius 3 is 2.17 bits per heavy atom. The molecule has 2 heterocycles. The SMILES string of the molecule is CC(C)C(NC(=O)COC1(CCc2ccc([C@@H]3[C@@H](CC[C@H](O)c4ccc(F)cc4)C(=O)N3c3ccc(F)cc3)cc2)COC1)P(=O)(O)O. The van der Waals surface area contributed by atoms with Gasteiger partial charge in [-0.05, 0) is 84.7 Å². The minimum atomic E-state index is -4.53. The molecule has 0 radical (unpaired) electrons. The fourth-order valence-electron chi connectivity index (χ4n) is 6.24. The molecule has 2 amide bonds. The average Bonchev–Trinajstić information content (AvgIpc) is 3.02. The van der Waals surface area contributed by atoms with Crippen molar-refractivity contribution < 1.29 is 47.3 Å². The number of aliphatic hydroxyl groups excluding tert-OH is 1. The molecule has 3 aromatic carbocycles. The lowest BCUT2D eigenvalue weighted by Crippen LogP contribution is -2.55. The Morgan fingerprint density at radius 2 is 1.62 bits per heavy atom. The molecule has 2 aliphatic rings. The van der Waals surface area contributed by atoms with E-state index in [1.807, 2.05) is 24.3 Å². The number of aryl methyl sites for hydroxylation is 1. The Hall–Kier alpha value is -3.51. The van der Waals surface area contributed by atoms with E-state index in [1.54, 1.807) is 30.9 Å². The van der Waals surface area contributed by atoms with Crippen LogP contribution in [0.3, 0.4) is 0 Å². The van der Waals surface area contributed by atoms with Crippen LogP contribution in [-0.2, 0) is 30.0 Å². The van der Waals surface area contributed by atoms with E-state index < -0.39 is 54.5 Å². The Bertz CT molecular complexity index is 1610. The molecule has 0 aromatic heterocycles. The number of halogens is 2. The third-order valence-electron chi connectivity index (χ3n) is 9.06. The number of benzene rings is 3. The van der Waals surface area contributed by atoms with E-state index in [0.29, 0.717) is 36.9 Å². The fourth-order valence-corrected chi connectivity index (χ4v) is 7.33. The number of hydrogen-bond acceptors (Lipinski definition) is 6. The quantitative estimate of drug-likeness (QED) is 0.127. The molecule has 1 unspecified atom stereocenters. The molecule has 2 fully saturated rings. The van der Waals surface area contributed by atoms with Crippen LogP contribution in [0.1, 0.15) is 61.9 Å².